The molecule has 4 aromatic rings. The number of rotatable bonds is 5. The van der Waals surface area contributed by atoms with Gasteiger partial charge in [0.25, 0.3) is 5.56 Å². The molecule has 0 aliphatic rings. The zero-order valence-corrected chi connectivity index (χ0v) is 16.0. The molecule has 0 aliphatic heterocycles. The van der Waals surface area contributed by atoms with Gasteiger partial charge in [-0.15, -0.1) is 5.10 Å². The molecule has 0 radical (unpaired) electrons. The number of allylic oxidation sites excluding steroid dienone is 1. The summed E-state index contributed by atoms with van der Waals surface area (Å²) in [6, 6.07) is 17.6. The average Bonchev–Trinajstić information content (AvgIpc) is 3.26. The van der Waals surface area contributed by atoms with E-state index in [0.29, 0.717) is 15.3 Å². The molecule has 2 aromatic heterocycles. The monoisotopic (exact) mass is 387 g/mol. The van der Waals surface area contributed by atoms with E-state index in [4.69, 9.17) is 4.74 Å². The van der Waals surface area contributed by atoms with Crippen molar-refractivity contribution >= 4 is 40.6 Å². The number of benzene rings is 2. The van der Waals surface area contributed by atoms with Gasteiger partial charge >= 0.3 is 0 Å². The summed E-state index contributed by atoms with van der Waals surface area (Å²) in [5.41, 5.74) is 1.92. The van der Waals surface area contributed by atoms with Crippen LogP contribution < -0.4 is 14.8 Å². The Labute approximate surface area is 165 Å². The van der Waals surface area contributed by atoms with Gasteiger partial charge in [-0.25, -0.2) is 0 Å². The first-order chi connectivity index (χ1) is 13.7. The maximum Gasteiger partial charge on any atom is 0.291 e. The Bertz CT molecular complexity index is 1250. The van der Waals surface area contributed by atoms with Gasteiger partial charge < -0.3 is 4.74 Å². The van der Waals surface area contributed by atoms with Crippen molar-refractivity contribution < 1.29 is 4.74 Å². The van der Waals surface area contributed by atoms with Gasteiger partial charge in [0, 0.05) is 0 Å². The van der Waals surface area contributed by atoms with Gasteiger partial charge in [-0.1, -0.05) is 72.0 Å². The highest BCUT2D eigenvalue weighted by Gasteiger charge is 2.08. The molecule has 0 fully saturated rings. The fourth-order valence-electron chi connectivity index (χ4n) is 2.63. The predicted molar refractivity (Wildman–Crippen MR) is 114 cm³/mol. The van der Waals surface area contributed by atoms with Crippen molar-refractivity contribution in [2.45, 2.75) is 0 Å². The highest BCUT2D eigenvalue weighted by molar-refractivity contribution is 7.15. The Morgan fingerprint density at radius 2 is 1.71 bits per heavy atom. The van der Waals surface area contributed by atoms with Gasteiger partial charge in [-0.3, -0.25) is 4.79 Å². The summed E-state index contributed by atoms with van der Waals surface area (Å²) in [7, 11) is 1.64. The third-order valence-electron chi connectivity index (χ3n) is 4.07. The minimum atomic E-state index is -0.158. The number of hydrogen-bond acceptors (Lipinski definition) is 5. The molecular weight excluding hydrogens is 370 g/mol. The lowest BCUT2D eigenvalue weighted by Crippen LogP contribution is -2.23. The molecular formula is C22H17N3O2S. The van der Waals surface area contributed by atoms with Crippen molar-refractivity contribution in [3.05, 3.63) is 92.5 Å². The maximum absolute atomic E-state index is 12.5. The van der Waals surface area contributed by atoms with Crippen LogP contribution in [0.15, 0.2) is 65.5 Å². The van der Waals surface area contributed by atoms with Crippen molar-refractivity contribution in [2.24, 2.45) is 0 Å². The second-order valence-corrected chi connectivity index (χ2v) is 6.99. The first kappa shape index (κ1) is 17.9. The Balaban J connectivity index is 1.55. The van der Waals surface area contributed by atoms with E-state index in [-0.39, 0.29) is 5.56 Å². The van der Waals surface area contributed by atoms with Crippen LogP contribution in [-0.4, -0.2) is 21.7 Å². The summed E-state index contributed by atoms with van der Waals surface area (Å²) in [6.45, 7) is 0. The van der Waals surface area contributed by atoms with Crippen molar-refractivity contribution in [3.8, 4) is 5.75 Å². The molecule has 2 heterocycles. The molecule has 0 atom stereocenters. The van der Waals surface area contributed by atoms with Gasteiger partial charge in [0.1, 0.15) is 5.75 Å². The van der Waals surface area contributed by atoms with Crippen LogP contribution in [0.3, 0.4) is 0 Å². The second-order valence-electron chi connectivity index (χ2n) is 5.98. The molecule has 0 saturated carbocycles. The third kappa shape index (κ3) is 3.92. The minimum Gasteiger partial charge on any atom is -0.497 e. The van der Waals surface area contributed by atoms with Crippen molar-refractivity contribution in [3.63, 3.8) is 0 Å². The van der Waals surface area contributed by atoms with Crippen LogP contribution in [0.2, 0.25) is 0 Å². The second kappa shape index (κ2) is 8.02. The summed E-state index contributed by atoms with van der Waals surface area (Å²) >= 11 is 1.33. The quantitative estimate of drug-likeness (QED) is 0.526. The Morgan fingerprint density at radius 3 is 2.43 bits per heavy atom. The summed E-state index contributed by atoms with van der Waals surface area (Å²) in [5, 5.41) is 4.30. The Morgan fingerprint density at radius 1 is 0.964 bits per heavy atom. The topological polar surface area (TPSA) is 56.5 Å². The van der Waals surface area contributed by atoms with E-state index in [2.05, 4.69) is 10.1 Å². The maximum atomic E-state index is 12.5. The molecule has 28 heavy (non-hydrogen) atoms. The van der Waals surface area contributed by atoms with Crippen LogP contribution in [0.4, 0.5) is 0 Å². The van der Waals surface area contributed by atoms with Gasteiger partial charge in [-0.2, -0.15) is 9.50 Å². The van der Waals surface area contributed by atoms with E-state index in [1.54, 1.807) is 19.3 Å². The van der Waals surface area contributed by atoms with E-state index in [0.717, 1.165) is 16.9 Å². The first-order valence-electron chi connectivity index (χ1n) is 8.68. The standard InChI is InChI=1S/C22H17N3O2S/c1-27-18-13-10-17(11-14-18)12-15-20-23-22-25(24-20)21(26)19(28-22)9-5-8-16-6-3-2-4-7-16/h2-15H,1H3/b8-5+,15-12+,19-9-. The van der Waals surface area contributed by atoms with Crippen LogP contribution in [0.1, 0.15) is 17.0 Å². The van der Waals surface area contributed by atoms with E-state index in [1.165, 1.54) is 15.9 Å². The van der Waals surface area contributed by atoms with Crippen LogP contribution in [0.25, 0.3) is 29.3 Å². The minimum absolute atomic E-state index is 0.158. The number of hydrogen-bond donors (Lipinski definition) is 0. The zero-order chi connectivity index (χ0) is 19.3. The molecule has 0 saturated heterocycles. The highest BCUT2D eigenvalue weighted by atomic mass is 32.1. The van der Waals surface area contributed by atoms with E-state index >= 15 is 0 Å². The molecule has 0 N–H and O–H groups in total. The molecule has 0 spiro atoms. The molecule has 0 unspecified atom stereocenters. The van der Waals surface area contributed by atoms with Gasteiger partial charge in [0.15, 0.2) is 5.82 Å². The largest absolute Gasteiger partial charge is 0.497 e. The van der Waals surface area contributed by atoms with Crippen molar-refractivity contribution in [2.75, 3.05) is 7.11 Å². The van der Waals surface area contributed by atoms with Crippen molar-refractivity contribution in [1.82, 2.24) is 14.6 Å². The summed E-state index contributed by atoms with van der Waals surface area (Å²) in [5.74, 6) is 1.31. The lowest BCUT2D eigenvalue weighted by atomic mass is 10.2. The molecule has 0 amide bonds. The number of fused-ring (bicyclic) bond motifs is 1. The third-order valence-corrected chi connectivity index (χ3v) is 5.05. The van der Waals surface area contributed by atoms with E-state index < -0.39 is 0 Å². The SMILES string of the molecule is COc1ccc(/C=C/c2nc3s/c(=C\C=C\c4ccccc4)c(=O)n3n2)cc1. The number of ether oxygens (including phenoxy) is 1. The van der Waals surface area contributed by atoms with E-state index in [1.807, 2.05) is 72.8 Å². The zero-order valence-electron chi connectivity index (χ0n) is 15.1. The highest BCUT2D eigenvalue weighted by Crippen LogP contribution is 2.13. The van der Waals surface area contributed by atoms with Gasteiger partial charge in [0.05, 0.1) is 11.6 Å². The molecule has 2 aromatic carbocycles. The molecule has 6 heteroatoms. The molecule has 0 aliphatic carbocycles. The lowest BCUT2D eigenvalue weighted by molar-refractivity contribution is 0.415. The van der Waals surface area contributed by atoms with Crippen LogP contribution in [-0.2, 0) is 0 Å². The van der Waals surface area contributed by atoms with Crippen LogP contribution in [0.5, 0.6) is 5.75 Å². The molecule has 138 valence electrons. The summed E-state index contributed by atoms with van der Waals surface area (Å²) < 4.78 is 7.10. The normalized spacial score (nSPS) is 12.5. The fraction of sp³-hybridized carbons (Fsp3) is 0.0455. The number of thiazole rings is 1. The summed E-state index contributed by atoms with van der Waals surface area (Å²) in [6.07, 6.45) is 9.31. The van der Waals surface area contributed by atoms with Crippen LogP contribution in [0, 0.1) is 0 Å². The van der Waals surface area contributed by atoms with Crippen molar-refractivity contribution in [1.29, 1.82) is 0 Å². The number of nitrogens with zero attached hydrogens (tertiary/aromatic N) is 3. The molecule has 0 bridgehead atoms. The average molecular weight is 387 g/mol. The van der Waals surface area contributed by atoms with Gasteiger partial charge in [0.2, 0.25) is 4.96 Å². The molecule has 4 rings (SSSR count). The first-order valence-corrected chi connectivity index (χ1v) is 9.50. The Kier molecular flexibility index (Phi) is 5.12. The predicted octanol–water partition coefficient (Wildman–Crippen LogP) is 3.54. The summed E-state index contributed by atoms with van der Waals surface area (Å²) in [4.78, 5) is 17.5. The van der Waals surface area contributed by atoms with Gasteiger partial charge in [-0.05, 0) is 35.4 Å². The van der Waals surface area contributed by atoms with Crippen LogP contribution >= 0.6 is 11.3 Å². The Hall–Kier alpha value is -3.51. The smallest absolute Gasteiger partial charge is 0.291 e. The number of aromatic nitrogens is 3. The lowest BCUT2D eigenvalue weighted by Gasteiger charge is -1.98. The number of methoxy groups -OCH3 is 1. The van der Waals surface area contributed by atoms with E-state index in [9.17, 15) is 4.79 Å². The fourth-order valence-corrected chi connectivity index (χ4v) is 3.50. The molecule has 5 nitrogen and oxygen atoms in total.